The standard InChI is InChI=1S/C27H31N5O3/c1-19(2)21-9-11-22(12-10-21)30-25(33)17-31(24-8-6-7-20(13-24)14-28)15-23-16-32(18-29-23)26(34)35-27(3,4)5/h6-13,16,18-19H,15,17H2,1-5H3,(H,30,33). The van der Waals surface area contributed by atoms with Gasteiger partial charge >= 0.3 is 6.09 Å². The maximum absolute atomic E-state index is 12.9. The van der Waals surface area contributed by atoms with Crippen molar-refractivity contribution in [3.63, 3.8) is 0 Å². The zero-order valence-corrected chi connectivity index (χ0v) is 20.8. The maximum atomic E-state index is 12.9. The normalized spacial score (nSPS) is 11.1. The highest BCUT2D eigenvalue weighted by atomic mass is 16.6. The van der Waals surface area contributed by atoms with E-state index in [4.69, 9.17) is 4.74 Å². The van der Waals surface area contributed by atoms with Crippen molar-refractivity contribution in [2.45, 2.75) is 52.7 Å². The van der Waals surface area contributed by atoms with Crippen LogP contribution in [-0.4, -0.2) is 33.7 Å². The number of amides is 1. The first-order valence-corrected chi connectivity index (χ1v) is 11.4. The highest BCUT2D eigenvalue weighted by molar-refractivity contribution is 5.94. The summed E-state index contributed by atoms with van der Waals surface area (Å²) in [6.45, 7) is 9.89. The van der Waals surface area contributed by atoms with Crippen molar-refractivity contribution in [2.75, 3.05) is 16.8 Å². The van der Waals surface area contributed by atoms with Gasteiger partial charge in [0.25, 0.3) is 0 Å². The van der Waals surface area contributed by atoms with Gasteiger partial charge in [-0.15, -0.1) is 0 Å². The second-order valence-electron chi connectivity index (χ2n) is 9.60. The number of ether oxygens (including phenoxy) is 1. The SMILES string of the molecule is CC(C)c1ccc(NC(=O)CN(Cc2cn(C(=O)OC(C)(C)C)cn2)c2cccc(C#N)c2)cc1. The van der Waals surface area contributed by atoms with Crippen LogP contribution in [0.3, 0.4) is 0 Å². The van der Waals surface area contributed by atoms with Crippen LogP contribution in [0.15, 0.2) is 61.1 Å². The summed E-state index contributed by atoms with van der Waals surface area (Å²) in [4.78, 5) is 31.4. The topological polar surface area (TPSA) is 100 Å². The molecule has 0 bridgehead atoms. The first-order chi connectivity index (χ1) is 16.5. The lowest BCUT2D eigenvalue weighted by Gasteiger charge is -2.24. The van der Waals surface area contributed by atoms with Crippen LogP contribution in [0.5, 0.6) is 0 Å². The maximum Gasteiger partial charge on any atom is 0.419 e. The summed E-state index contributed by atoms with van der Waals surface area (Å²) >= 11 is 0. The summed E-state index contributed by atoms with van der Waals surface area (Å²) in [5.41, 5.74) is 3.03. The molecule has 0 aliphatic heterocycles. The fourth-order valence-electron chi connectivity index (χ4n) is 3.39. The molecule has 1 aromatic heterocycles. The zero-order valence-electron chi connectivity index (χ0n) is 20.8. The minimum atomic E-state index is -0.628. The van der Waals surface area contributed by atoms with E-state index in [1.807, 2.05) is 30.3 Å². The number of nitrogens with one attached hydrogen (secondary N) is 1. The van der Waals surface area contributed by atoms with E-state index in [1.54, 1.807) is 50.1 Å². The van der Waals surface area contributed by atoms with Crippen molar-refractivity contribution in [1.82, 2.24) is 9.55 Å². The van der Waals surface area contributed by atoms with Gasteiger partial charge in [0.15, 0.2) is 0 Å². The molecule has 0 fully saturated rings. The van der Waals surface area contributed by atoms with Gasteiger partial charge in [-0.2, -0.15) is 5.26 Å². The molecular formula is C27H31N5O3. The highest BCUT2D eigenvalue weighted by Gasteiger charge is 2.20. The van der Waals surface area contributed by atoms with Gasteiger partial charge in [-0.1, -0.05) is 32.0 Å². The van der Waals surface area contributed by atoms with Crippen LogP contribution in [0, 0.1) is 11.3 Å². The Hall–Kier alpha value is -4.12. The van der Waals surface area contributed by atoms with Gasteiger partial charge < -0.3 is 15.0 Å². The molecule has 8 nitrogen and oxygen atoms in total. The molecule has 35 heavy (non-hydrogen) atoms. The Morgan fingerprint density at radius 2 is 1.89 bits per heavy atom. The summed E-state index contributed by atoms with van der Waals surface area (Å²) in [5, 5.41) is 12.2. The molecule has 0 aliphatic carbocycles. The Morgan fingerprint density at radius 1 is 1.17 bits per heavy atom. The van der Waals surface area contributed by atoms with E-state index in [1.165, 1.54) is 16.5 Å². The van der Waals surface area contributed by atoms with Crippen LogP contribution in [0.25, 0.3) is 0 Å². The fraction of sp³-hybridized carbons (Fsp3) is 0.333. The summed E-state index contributed by atoms with van der Waals surface area (Å²) in [6.07, 6.45) is 2.44. The first-order valence-electron chi connectivity index (χ1n) is 11.4. The molecule has 1 N–H and O–H groups in total. The van der Waals surface area contributed by atoms with Gasteiger partial charge in [-0.05, 0) is 62.6 Å². The Bertz CT molecular complexity index is 1220. The number of hydrogen-bond acceptors (Lipinski definition) is 6. The first kappa shape index (κ1) is 25.5. The van der Waals surface area contributed by atoms with Crippen LogP contribution in [-0.2, 0) is 16.1 Å². The third-order valence-corrected chi connectivity index (χ3v) is 5.13. The van der Waals surface area contributed by atoms with Crippen molar-refractivity contribution in [2.24, 2.45) is 0 Å². The second kappa shape index (κ2) is 10.9. The van der Waals surface area contributed by atoms with Crippen LogP contribution in [0.4, 0.5) is 16.2 Å². The lowest BCUT2D eigenvalue weighted by atomic mass is 10.0. The van der Waals surface area contributed by atoms with Gasteiger partial charge in [-0.3, -0.25) is 4.79 Å². The Morgan fingerprint density at radius 3 is 2.51 bits per heavy atom. The molecular weight excluding hydrogens is 442 g/mol. The van der Waals surface area contributed by atoms with Crippen molar-refractivity contribution < 1.29 is 14.3 Å². The fourth-order valence-corrected chi connectivity index (χ4v) is 3.39. The Balaban J connectivity index is 1.78. The van der Waals surface area contributed by atoms with E-state index in [0.717, 1.165) is 0 Å². The van der Waals surface area contributed by atoms with Gasteiger partial charge in [-0.25, -0.2) is 14.3 Å². The third kappa shape index (κ3) is 7.44. The summed E-state index contributed by atoms with van der Waals surface area (Å²) < 4.78 is 6.66. The van der Waals surface area contributed by atoms with Gasteiger partial charge in [0.1, 0.15) is 11.9 Å². The molecule has 0 saturated heterocycles. The average molecular weight is 474 g/mol. The molecule has 3 aromatic rings. The summed E-state index contributed by atoms with van der Waals surface area (Å²) in [5.74, 6) is 0.194. The van der Waals surface area contributed by atoms with E-state index in [0.29, 0.717) is 28.6 Å². The summed E-state index contributed by atoms with van der Waals surface area (Å²) in [6, 6.07) is 16.9. The molecule has 1 heterocycles. The van der Waals surface area contributed by atoms with Crippen molar-refractivity contribution in [3.05, 3.63) is 77.9 Å². The molecule has 0 saturated carbocycles. The van der Waals surface area contributed by atoms with E-state index >= 15 is 0 Å². The van der Waals surface area contributed by atoms with Crippen LogP contribution in [0.1, 0.15) is 57.4 Å². The van der Waals surface area contributed by atoms with E-state index < -0.39 is 11.7 Å². The number of nitriles is 1. The van der Waals surface area contributed by atoms with Crippen LogP contribution >= 0.6 is 0 Å². The predicted molar refractivity (Wildman–Crippen MR) is 135 cm³/mol. The van der Waals surface area contributed by atoms with Gasteiger partial charge in [0, 0.05) is 17.6 Å². The number of carbonyl (C=O) groups excluding carboxylic acids is 2. The third-order valence-electron chi connectivity index (χ3n) is 5.13. The Kier molecular flexibility index (Phi) is 7.92. The minimum absolute atomic E-state index is 0.0279. The number of imidazole rings is 1. The number of benzene rings is 2. The molecule has 0 unspecified atom stereocenters. The number of aromatic nitrogens is 2. The second-order valence-corrected chi connectivity index (χ2v) is 9.60. The summed E-state index contributed by atoms with van der Waals surface area (Å²) in [7, 11) is 0. The zero-order chi connectivity index (χ0) is 25.6. The smallest absolute Gasteiger partial charge is 0.419 e. The van der Waals surface area contributed by atoms with E-state index in [9.17, 15) is 14.9 Å². The van der Waals surface area contributed by atoms with Crippen molar-refractivity contribution >= 4 is 23.4 Å². The lowest BCUT2D eigenvalue weighted by Crippen LogP contribution is -2.33. The molecule has 1 amide bonds. The van der Waals surface area contributed by atoms with Gasteiger partial charge in [0.2, 0.25) is 5.91 Å². The minimum Gasteiger partial charge on any atom is -0.443 e. The van der Waals surface area contributed by atoms with E-state index in [2.05, 4.69) is 30.2 Å². The molecule has 8 heteroatoms. The van der Waals surface area contributed by atoms with Crippen molar-refractivity contribution in [1.29, 1.82) is 5.26 Å². The monoisotopic (exact) mass is 473 g/mol. The molecule has 0 spiro atoms. The molecule has 0 radical (unpaired) electrons. The molecule has 0 atom stereocenters. The predicted octanol–water partition coefficient (Wildman–Crippen LogP) is 5.31. The Labute approximate surface area is 206 Å². The number of anilines is 2. The average Bonchev–Trinajstić information content (AvgIpc) is 3.27. The van der Waals surface area contributed by atoms with Crippen LogP contribution in [0.2, 0.25) is 0 Å². The van der Waals surface area contributed by atoms with Gasteiger partial charge in [0.05, 0.1) is 30.4 Å². The van der Waals surface area contributed by atoms with Crippen molar-refractivity contribution in [3.8, 4) is 6.07 Å². The molecule has 0 aliphatic rings. The number of nitrogens with zero attached hydrogens (tertiary/aromatic N) is 4. The highest BCUT2D eigenvalue weighted by Crippen LogP contribution is 2.20. The molecule has 3 rings (SSSR count). The number of rotatable bonds is 7. The largest absolute Gasteiger partial charge is 0.443 e. The van der Waals surface area contributed by atoms with Crippen LogP contribution < -0.4 is 10.2 Å². The number of carbonyl (C=O) groups is 2. The number of hydrogen-bond donors (Lipinski definition) is 1. The quantitative estimate of drug-likeness (QED) is 0.499. The lowest BCUT2D eigenvalue weighted by molar-refractivity contribution is -0.115. The molecule has 182 valence electrons. The van der Waals surface area contributed by atoms with E-state index in [-0.39, 0.29) is 19.0 Å². The molecule has 2 aromatic carbocycles.